The second-order valence-corrected chi connectivity index (χ2v) is 6.80. The first-order valence-electron chi connectivity index (χ1n) is 9.76. The summed E-state index contributed by atoms with van der Waals surface area (Å²) in [6.07, 6.45) is 9.57. The van der Waals surface area contributed by atoms with Crippen LogP contribution < -0.4 is 5.32 Å². The summed E-state index contributed by atoms with van der Waals surface area (Å²) in [7, 11) is 0. The zero-order valence-corrected chi connectivity index (χ0v) is 16.7. The molecule has 0 aliphatic carbocycles. The van der Waals surface area contributed by atoms with E-state index in [0.29, 0.717) is 17.6 Å². The summed E-state index contributed by atoms with van der Waals surface area (Å²) < 4.78 is 8.58. The summed E-state index contributed by atoms with van der Waals surface area (Å²) in [6, 6.07) is 3.95. The third-order valence-electron chi connectivity index (χ3n) is 4.77. The molecule has 9 heteroatoms. The maximum absolute atomic E-state index is 11.7. The number of hydrogen-bond donors (Lipinski definition) is 1. The van der Waals surface area contributed by atoms with Gasteiger partial charge in [-0.05, 0) is 12.0 Å². The molecule has 9 nitrogen and oxygen atoms in total. The standard InChI is InChI=1S/C20H25N7O2/c1-3-15(4-2)12-26-8-6-16-10-22-20(25-19(16)26)24-17-11-23-27(13-17)14-18(28)29-9-5-7-21/h6,8,10-11,13,15H,3-5,9,12,14H2,1-2H3,(H,22,24,25). The number of fused-ring (bicyclic) bond motifs is 1. The maximum atomic E-state index is 11.7. The molecule has 29 heavy (non-hydrogen) atoms. The minimum Gasteiger partial charge on any atom is -0.463 e. The van der Waals surface area contributed by atoms with E-state index >= 15 is 0 Å². The van der Waals surface area contributed by atoms with Crippen molar-refractivity contribution >= 4 is 28.6 Å². The third kappa shape index (κ3) is 5.31. The van der Waals surface area contributed by atoms with Crippen LogP contribution in [0.1, 0.15) is 33.1 Å². The molecule has 0 radical (unpaired) electrons. The molecule has 1 N–H and O–H groups in total. The lowest BCUT2D eigenvalue weighted by atomic mass is 10.0. The van der Waals surface area contributed by atoms with E-state index in [1.54, 1.807) is 18.6 Å². The number of nitrogens with one attached hydrogen (secondary N) is 1. The van der Waals surface area contributed by atoms with Crippen molar-refractivity contribution in [2.24, 2.45) is 5.92 Å². The monoisotopic (exact) mass is 395 g/mol. The van der Waals surface area contributed by atoms with Gasteiger partial charge >= 0.3 is 5.97 Å². The highest BCUT2D eigenvalue weighted by Crippen LogP contribution is 2.20. The second kappa shape index (κ2) is 9.68. The molecule has 0 aliphatic heterocycles. The van der Waals surface area contributed by atoms with Crippen LogP contribution in [0.5, 0.6) is 0 Å². The van der Waals surface area contributed by atoms with E-state index in [1.807, 2.05) is 12.1 Å². The van der Waals surface area contributed by atoms with Crippen LogP contribution in [0.4, 0.5) is 11.6 Å². The van der Waals surface area contributed by atoms with Gasteiger partial charge in [0.25, 0.3) is 0 Å². The van der Waals surface area contributed by atoms with Crippen LogP contribution in [0.25, 0.3) is 11.0 Å². The van der Waals surface area contributed by atoms with E-state index in [9.17, 15) is 4.79 Å². The number of aromatic nitrogens is 5. The fraction of sp³-hybridized carbons (Fsp3) is 0.450. The van der Waals surface area contributed by atoms with Crippen LogP contribution in [0.3, 0.4) is 0 Å². The molecule has 3 heterocycles. The molecular formula is C20H25N7O2. The predicted molar refractivity (Wildman–Crippen MR) is 108 cm³/mol. The summed E-state index contributed by atoms with van der Waals surface area (Å²) in [5, 5.41) is 16.7. The molecule has 0 saturated heterocycles. The number of carbonyl (C=O) groups excluding carboxylic acids is 1. The van der Waals surface area contributed by atoms with Gasteiger partial charge in [-0.15, -0.1) is 0 Å². The minimum atomic E-state index is -0.438. The number of nitriles is 1. The number of carbonyl (C=O) groups is 1. The number of hydrogen-bond acceptors (Lipinski definition) is 7. The average molecular weight is 395 g/mol. The zero-order valence-electron chi connectivity index (χ0n) is 16.7. The van der Waals surface area contributed by atoms with Crippen molar-refractivity contribution in [2.45, 2.75) is 46.2 Å². The van der Waals surface area contributed by atoms with E-state index in [4.69, 9.17) is 10.00 Å². The Morgan fingerprint density at radius 2 is 2.17 bits per heavy atom. The van der Waals surface area contributed by atoms with Crippen LogP contribution in [-0.2, 0) is 22.6 Å². The van der Waals surface area contributed by atoms with Crippen LogP contribution in [0, 0.1) is 17.2 Å². The van der Waals surface area contributed by atoms with Gasteiger partial charge in [-0.1, -0.05) is 26.7 Å². The molecule has 0 aliphatic rings. The van der Waals surface area contributed by atoms with Crippen molar-refractivity contribution in [3.63, 3.8) is 0 Å². The molecule has 0 aromatic carbocycles. The second-order valence-electron chi connectivity index (χ2n) is 6.80. The van der Waals surface area contributed by atoms with E-state index < -0.39 is 5.97 Å². The molecule has 0 spiro atoms. The lowest BCUT2D eigenvalue weighted by Crippen LogP contribution is -2.14. The number of rotatable bonds is 10. The van der Waals surface area contributed by atoms with Gasteiger partial charge in [0.15, 0.2) is 0 Å². The van der Waals surface area contributed by atoms with Crippen LogP contribution in [0.15, 0.2) is 30.9 Å². The van der Waals surface area contributed by atoms with E-state index in [0.717, 1.165) is 30.4 Å². The molecule has 0 atom stereocenters. The van der Waals surface area contributed by atoms with Crippen molar-refractivity contribution < 1.29 is 9.53 Å². The summed E-state index contributed by atoms with van der Waals surface area (Å²) in [6.45, 7) is 5.41. The Morgan fingerprint density at radius 3 is 2.93 bits per heavy atom. The van der Waals surface area contributed by atoms with Crippen LogP contribution in [0.2, 0.25) is 0 Å². The van der Waals surface area contributed by atoms with Crippen LogP contribution in [-0.4, -0.2) is 36.9 Å². The van der Waals surface area contributed by atoms with E-state index in [1.165, 1.54) is 4.68 Å². The number of anilines is 2. The number of ether oxygens (including phenoxy) is 1. The van der Waals surface area contributed by atoms with Gasteiger partial charge in [0.2, 0.25) is 5.95 Å². The lowest BCUT2D eigenvalue weighted by Gasteiger charge is -2.14. The van der Waals surface area contributed by atoms with E-state index in [2.05, 4.69) is 45.0 Å². The molecule has 3 aromatic heterocycles. The Balaban J connectivity index is 1.67. The Hall–Kier alpha value is -3.41. The summed E-state index contributed by atoms with van der Waals surface area (Å²) in [5.74, 6) is 0.646. The lowest BCUT2D eigenvalue weighted by molar-refractivity contribution is -0.144. The highest BCUT2D eigenvalue weighted by molar-refractivity contribution is 5.76. The molecule has 0 bridgehead atoms. The fourth-order valence-electron chi connectivity index (χ4n) is 3.04. The first-order valence-corrected chi connectivity index (χ1v) is 9.76. The first kappa shape index (κ1) is 20.3. The fourth-order valence-corrected chi connectivity index (χ4v) is 3.04. The van der Waals surface area contributed by atoms with Gasteiger partial charge in [-0.3, -0.25) is 9.48 Å². The third-order valence-corrected chi connectivity index (χ3v) is 4.77. The van der Waals surface area contributed by atoms with Crippen molar-refractivity contribution in [3.8, 4) is 6.07 Å². The molecule has 3 aromatic rings. The quantitative estimate of drug-likeness (QED) is 0.414. The van der Waals surface area contributed by atoms with Crippen molar-refractivity contribution in [3.05, 3.63) is 30.9 Å². The molecule has 0 amide bonds. The minimum absolute atomic E-state index is 0.0225. The van der Waals surface area contributed by atoms with Gasteiger partial charge in [0, 0.05) is 30.5 Å². The molecule has 152 valence electrons. The Kier molecular flexibility index (Phi) is 6.79. The number of nitrogens with zero attached hydrogens (tertiary/aromatic N) is 6. The van der Waals surface area contributed by atoms with Gasteiger partial charge in [0.1, 0.15) is 18.8 Å². The van der Waals surface area contributed by atoms with Gasteiger partial charge < -0.3 is 14.6 Å². The Labute approximate surface area is 169 Å². The normalized spacial score (nSPS) is 11.0. The molecule has 3 rings (SSSR count). The van der Waals surface area contributed by atoms with Gasteiger partial charge in [-0.2, -0.15) is 15.3 Å². The van der Waals surface area contributed by atoms with Crippen LogP contribution >= 0.6 is 0 Å². The van der Waals surface area contributed by atoms with Crippen molar-refractivity contribution in [2.75, 3.05) is 11.9 Å². The molecule has 0 fully saturated rings. The SMILES string of the molecule is CCC(CC)Cn1ccc2cnc(Nc3cnn(CC(=O)OCCC#N)c3)nc21. The van der Waals surface area contributed by atoms with Crippen molar-refractivity contribution in [1.82, 2.24) is 24.3 Å². The molecule has 0 unspecified atom stereocenters. The Bertz CT molecular complexity index is 998. The molecular weight excluding hydrogens is 370 g/mol. The Morgan fingerprint density at radius 1 is 1.34 bits per heavy atom. The largest absolute Gasteiger partial charge is 0.463 e. The van der Waals surface area contributed by atoms with Gasteiger partial charge in [0.05, 0.1) is 24.4 Å². The summed E-state index contributed by atoms with van der Waals surface area (Å²) >= 11 is 0. The van der Waals surface area contributed by atoms with Gasteiger partial charge in [-0.25, -0.2) is 4.98 Å². The summed E-state index contributed by atoms with van der Waals surface area (Å²) in [4.78, 5) is 20.7. The highest BCUT2D eigenvalue weighted by Gasteiger charge is 2.11. The summed E-state index contributed by atoms with van der Waals surface area (Å²) in [5.41, 5.74) is 1.56. The van der Waals surface area contributed by atoms with Crippen molar-refractivity contribution in [1.29, 1.82) is 5.26 Å². The zero-order chi connectivity index (χ0) is 20.6. The average Bonchev–Trinajstić information content (AvgIpc) is 3.33. The predicted octanol–water partition coefficient (Wildman–Crippen LogP) is 3.26. The highest BCUT2D eigenvalue weighted by atomic mass is 16.5. The topological polar surface area (TPSA) is 111 Å². The number of esters is 1. The molecule has 0 saturated carbocycles. The maximum Gasteiger partial charge on any atom is 0.327 e. The smallest absolute Gasteiger partial charge is 0.327 e. The van der Waals surface area contributed by atoms with E-state index in [-0.39, 0.29) is 19.6 Å². The first-order chi connectivity index (χ1) is 14.1.